The molecule has 0 aromatic carbocycles. The summed E-state index contributed by atoms with van der Waals surface area (Å²) >= 11 is 0. The third kappa shape index (κ3) is 2.54. The highest BCUT2D eigenvalue weighted by Crippen LogP contribution is 2.25. The van der Waals surface area contributed by atoms with Crippen molar-refractivity contribution in [3.63, 3.8) is 0 Å². The molecule has 0 amide bonds. The maximum atomic E-state index is 2.77. The molecule has 2 saturated heterocycles. The predicted octanol–water partition coefficient (Wildman–Crippen LogP) is 2.34. The summed E-state index contributed by atoms with van der Waals surface area (Å²) in [5.74, 6) is 0. The van der Waals surface area contributed by atoms with Crippen molar-refractivity contribution in [3.8, 4) is 0 Å². The van der Waals surface area contributed by atoms with E-state index in [2.05, 4.69) is 30.6 Å². The van der Waals surface area contributed by atoms with Gasteiger partial charge >= 0.3 is 0 Å². The van der Waals surface area contributed by atoms with Crippen LogP contribution in [0.5, 0.6) is 0 Å². The Morgan fingerprint density at radius 3 is 2.47 bits per heavy atom. The molecule has 2 aliphatic heterocycles. The lowest BCUT2D eigenvalue weighted by molar-refractivity contribution is 0.104. The number of rotatable bonds is 2. The molecule has 0 aromatic rings. The van der Waals surface area contributed by atoms with Gasteiger partial charge in [0.05, 0.1) is 0 Å². The average Bonchev–Trinajstić information content (AvgIpc) is 2.67. The Kier molecular flexibility index (Phi) is 3.68. The van der Waals surface area contributed by atoms with E-state index in [0.29, 0.717) is 0 Å². The molecule has 88 valence electrons. The maximum absolute atomic E-state index is 2.77. The van der Waals surface area contributed by atoms with Crippen LogP contribution in [-0.2, 0) is 0 Å². The minimum absolute atomic E-state index is 0.732. The van der Waals surface area contributed by atoms with Crippen molar-refractivity contribution in [1.82, 2.24) is 9.80 Å². The van der Waals surface area contributed by atoms with Gasteiger partial charge in [0.25, 0.3) is 0 Å². The summed E-state index contributed by atoms with van der Waals surface area (Å²) in [6.07, 6.45) is 5.67. The SMILES string of the molecule is CC(C)N1CCC(N2CCCCC2C)C1. The molecular weight excluding hydrogens is 184 g/mol. The lowest BCUT2D eigenvalue weighted by Gasteiger charge is -2.38. The summed E-state index contributed by atoms with van der Waals surface area (Å²) in [5, 5.41) is 0. The van der Waals surface area contributed by atoms with Gasteiger partial charge in [-0.1, -0.05) is 6.42 Å². The van der Waals surface area contributed by atoms with Crippen LogP contribution < -0.4 is 0 Å². The zero-order valence-electron chi connectivity index (χ0n) is 10.6. The molecule has 15 heavy (non-hydrogen) atoms. The second kappa shape index (κ2) is 4.84. The molecule has 0 aliphatic carbocycles. The number of hydrogen-bond donors (Lipinski definition) is 0. The van der Waals surface area contributed by atoms with Crippen molar-refractivity contribution >= 4 is 0 Å². The summed E-state index contributed by atoms with van der Waals surface area (Å²) in [6, 6.07) is 2.41. The molecule has 0 radical (unpaired) electrons. The maximum Gasteiger partial charge on any atom is 0.0238 e. The number of nitrogens with zero attached hydrogens (tertiary/aromatic N) is 2. The Morgan fingerprint density at radius 1 is 1.07 bits per heavy atom. The Morgan fingerprint density at radius 2 is 1.87 bits per heavy atom. The average molecular weight is 210 g/mol. The molecule has 2 nitrogen and oxygen atoms in total. The molecule has 0 bridgehead atoms. The van der Waals surface area contributed by atoms with E-state index in [1.807, 2.05) is 0 Å². The van der Waals surface area contributed by atoms with Crippen molar-refractivity contribution in [1.29, 1.82) is 0 Å². The lowest BCUT2D eigenvalue weighted by Crippen LogP contribution is -2.46. The molecular formula is C13H26N2. The molecule has 2 rings (SSSR count). The third-order valence-electron chi connectivity index (χ3n) is 4.25. The summed E-state index contributed by atoms with van der Waals surface area (Å²) < 4.78 is 0. The standard InChI is InChI=1S/C13H26N2/c1-11(2)14-9-7-13(10-14)15-8-5-4-6-12(15)3/h11-13H,4-10H2,1-3H3. The molecule has 2 aliphatic rings. The highest BCUT2D eigenvalue weighted by molar-refractivity contribution is 4.88. The zero-order chi connectivity index (χ0) is 10.8. The first-order chi connectivity index (χ1) is 7.18. The Balaban J connectivity index is 1.89. The fraction of sp³-hybridized carbons (Fsp3) is 1.00. The monoisotopic (exact) mass is 210 g/mol. The van der Waals surface area contributed by atoms with Crippen LogP contribution in [0, 0.1) is 0 Å². The Bertz CT molecular complexity index is 203. The number of hydrogen-bond acceptors (Lipinski definition) is 2. The first-order valence-corrected chi connectivity index (χ1v) is 6.68. The first-order valence-electron chi connectivity index (χ1n) is 6.68. The van der Waals surface area contributed by atoms with Gasteiger partial charge in [0.15, 0.2) is 0 Å². The van der Waals surface area contributed by atoms with Gasteiger partial charge in [0.2, 0.25) is 0 Å². The second-order valence-corrected chi connectivity index (χ2v) is 5.61. The van der Waals surface area contributed by atoms with E-state index in [4.69, 9.17) is 0 Å². The summed E-state index contributed by atoms with van der Waals surface area (Å²) in [5.41, 5.74) is 0. The van der Waals surface area contributed by atoms with Crippen molar-refractivity contribution in [2.75, 3.05) is 19.6 Å². The van der Waals surface area contributed by atoms with Gasteiger partial charge in [-0.3, -0.25) is 9.80 Å². The molecule has 2 heterocycles. The quantitative estimate of drug-likeness (QED) is 0.690. The van der Waals surface area contributed by atoms with E-state index in [1.54, 1.807) is 0 Å². The highest BCUT2D eigenvalue weighted by atomic mass is 15.3. The smallest absolute Gasteiger partial charge is 0.0238 e. The minimum atomic E-state index is 0.732. The van der Waals surface area contributed by atoms with Crippen LogP contribution in [0.3, 0.4) is 0 Å². The largest absolute Gasteiger partial charge is 0.299 e. The van der Waals surface area contributed by atoms with E-state index < -0.39 is 0 Å². The topological polar surface area (TPSA) is 6.48 Å². The van der Waals surface area contributed by atoms with Gasteiger partial charge in [-0.05, 0) is 46.6 Å². The van der Waals surface area contributed by atoms with E-state index in [9.17, 15) is 0 Å². The second-order valence-electron chi connectivity index (χ2n) is 5.61. The van der Waals surface area contributed by atoms with Crippen LogP contribution in [0.2, 0.25) is 0 Å². The van der Waals surface area contributed by atoms with E-state index in [0.717, 1.165) is 18.1 Å². The minimum Gasteiger partial charge on any atom is -0.299 e. The Labute approximate surface area is 94.6 Å². The first kappa shape index (κ1) is 11.4. The van der Waals surface area contributed by atoms with Crippen molar-refractivity contribution < 1.29 is 0 Å². The summed E-state index contributed by atoms with van der Waals surface area (Å²) in [7, 11) is 0. The fourth-order valence-electron chi connectivity index (χ4n) is 3.17. The summed E-state index contributed by atoms with van der Waals surface area (Å²) in [4.78, 5) is 5.40. The lowest BCUT2D eigenvalue weighted by atomic mass is 10.0. The van der Waals surface area contributed by atoms with Crippen LogP contribution in [0.25, 0.3) is 0 Å². The third-order valence-corrected chi connectivity index (χ3v) is 4.25. The van der Waals surface area contributed by atoms with Gasteiger partial charge in [-0.15, -0.1) is 0 Å². The van der Waals surface area contributed by atoms with Crippen LogP contribution in [0.15, 0.2) is 0 Å². The van der Waals surface area contributed by atoms with Gasteiger partial charge in [-0.2, -0.15) is 0 Å². The van der Waals surface area contributed by atoms with Crippen molar-refractivity contribution in [2.24, 2.45) is 0 Å². The molecule has 0 spiro atoms. The molecule has 2 fully saturated rings. The molecule has 2 atom stereocenters. The van der Waals surface area contributed by atoms with Gasteiger partial charge < -0.3 is 0 Å². The van der Waals surface area contributed by atoms with Crippen LogP contribution >= 0.6 is 0 Å². The molecule has 2 heteroatoms. The van der Waals surface area contributed by atoms with Crippen LogP contribution in [-0.4, -0.2) is 47.6 Å². The predicted molar refractivity (Wildman–Crippen MR) is 65.1 cm³/mol. The van der Waals surface area contributed by atoms with Crippen molar-refractivity contribution in [3.05, 3.63) is 0 Å². The molecule has 0 N–H and O–H groups in total. The van der Waals surface area contributed by atoms with Crippen LogP contribution in [0.1, 0.15) is 46.5 Å². The van der Waals surface area contributed by atoms with Crippen molar-refractivity contribution in [2.45, 2.75) is 64.6 Å². The number of likely N-dealkylation sites (tertiary alicyclic amines) is 2. The van der Waals surface area contributed by atoms with Gasteiger partial charge in [0, 0.05) is 31.2 Å². The van der Waals surface area contributed by atoms with E-state index in [-0.39, 0.29) is 0 Å². The molecule has 0 saturated carbocycles. The van der Waals surface area contributed by atoms with Gasteiger partial charge in [0.1, 0.15) is 0 Å². The number of piperidine rings is 1. The highest BCUT2D eigenvalue weighted by Gasteiger charge is 2.32. The van der Waals surface area contributed by atoms with E-state index in [1.165, 1.54) is 45.3 Å². The molecule has 2 unspecified atom stereocenters. The Hall–Kier alpha value is -0.0800. The molecule has 0 aromatic heterocycles. The summed E-state index contributed by atoms with van der Waals surface area (Å²) in [6.45, 7) is 11.0. The normalized spacial score (nSPS) is 35.2. The van der Waals surface area contributed by atoms with Crippen LogP contribution in [0.4, 0.5) is 0 Å². The van der Waals surface area contributed by atoms with E-state index >= 15 is 0 Å². The zero-order valence-corrected chi connectivity index (χ0v) is 10.6. The fourth-order valence-corrected chi connectivity index (χ4v) is 3.17. The van der Waals surface area contributed by atoms with Gasteiger partial charge in [-0.25, -0.2) is 0 Å².